The SMILES string of the molecule is CCCCCC/C=C\C=C/CCCCCCCC(=O)O[C@H](COC(=O)CCCCCCCCCCCCCCC(C)C)COP(=O)(O)OCC(O)COP(=O)(O)OC[C@@H](COC(=O)CCCCCCCCC(C)C)OC(=O)CCCCCCCCCCCCCCCCCC(C)C. The predicted molar refractivity (Wildman–Crippen MR) is 395 cm³/mol. The van der Waals surface area contributed by atoms with Gasteiger partial charge in [-0.15, -0.1) is 0 Å². The van der Waals surface area contributed by atoms with E-state index in [0.29, 0.717) is 31.6 Å². The van der Waals surface area contributed by atoms with Gasteiger partial charge in [0.05, 0.1) is 26.4 Å². The number of allylic oxidation sites excluding steroid dienone is 4. The molecule has 0 aromatic heterocycles. The molecule has 0 aromatic rings. The van der Waals surface area contributed by atoms with E-state index in [1.807, 2.05) is 0 Å². The summed E-state index contributed by atoms with van der Waals surface area (Å²) >= 11 is 0. The van der Waals surface area contributed by atoms with Crippen LogP contribution in [0.4, 0.5) is 0 Å². The van der Waals surface area contributed by atoms with Crippen LogP contribution in [-0.4, -0.2) is 96.7 Å². The third kappa shape index (κ3) is 71.7. The van der Waals surface area contributed by atoms with Crippen molar-refractivity contribution in [3.05, 3.63) is 24.3 Å². The second-order valence-electron chi connectivity index (χ2n) is 28.8. The normalized spacial score (nSPS) is 14.2. The maximum Gasteiger partial charge on any atom is 0.472 e. The molecule has 3 unspecified atom stereocenters. The molecule has 17 nitrogen and oxygen atoms in total. The average Bonchev–Trinajstić information content (AvgIpc) is 2.52. The summed E-state index contributed by atoms with van der Waals surface area (Å²) in [5.41, 5.74) is 0. The number of esters is 4. The summed E-state index contributed by atoms with van der Waals surface area (Å²) in [5.74, 6) is 0.111. The summed E-state index contributed by atoms with van der Waals surface area (Å²) in [4.78, 5) is 72.8. The lowest BCUT2D eigenvalue weighted by Gasteiger charge is -2.21. The fraction of sp³-hybridized carbons (Fsp3) is 0.897. The van der Waals surface area contributed by atoms with Crippen molar-refractivity contribution in [1.29, 1.82) is 0 Å². The molecule has 0 aliphatic heterocycles. The Morgan fingerprint density at radius 1 is 0.320 bits per heavy atom. The van der Waals surface area contributed by atoms with Crippen molar-refractivity contribution in [3.63, 3.8) is 0 Å². The minimum absolute atomic E-state index is 0.0847. The van der Waals surface area contributed by atoms with E-state index in [-0.39, 0.29) is 25.7 Å². The molecule has 5 atom stereocenters. The van der Waals surface area contributed by atoms with Crippen LogP contribution in [0, 0.1) is 17.8 Å². The number of aliphatic hydroxyl groups is 1. The van der Waals surface area contributed by atoms with E-state index in [9.17, 15) is 43.2 Å². The van der Waals surface area contributed by atoms with E-state index in [1.54, 1.807) is 0 Å². The lowest BCUT2D eigenvalue weighted by atomic mass is 10.0. The van der Waals surface area contributed by atoms with Gasteiger partial charge in [-0.25, -0.2) is 9.13 Å². The third-order valence-electron chi connectivity index (χ3n) is 17.5. The summed E-state index contributed by atoms with van der Waals surface area (Å²) in [5, 5.41) is 10.6. The Balaban J connectivity index is 5.26. The number of ether oxygens (including phenoxy) is 4. The molecule has 0 aromatic carbocycles. The highest BCUT2D eigenvalue weighted by Crippen LogP contribution is 2.45. The molecule has 0 fully saturated rings. The molecular weight excluding hydrogens is 1270 g/mol. The van der Waals surface area contributed by atoms with Crippen LogP contribution in [0.15, 0.2) is 24.3 Å². The van der Waals surface area contributed by atoms with Gasteiger partial charge in [0.2, 0.25) is 0 Å². The Kier molecular flexibility index (Phi) is 66.3. The summed E-state index contributed by atoms with van der Waals surface area (Å²) in [6.45, 7) is 11.8. The van der Waals surface area contributed by atoms with Gasteiger partial charge < -0.3 is 33.8 Å². The van der Waals surface area contributed by atoms with Crippen molar-refractivity contribution in [3.8, 4) is 0 Å². The molecule has 3 N–H and O–H groups in total. The third-order valence-corrected chi connectivity index (χ3v) is 19.4. The first-order valence-corrected chi connectivity index (χ1v) is 42.7. The minimum Gasteiger partial charge on any atom is -0.462 e. The molecule has 0 spiro atoms. The average molecular weight is 1420 g/mol. The summed E-state index contributed by atoms with van der Waals surface area (Å²) in [6.07, 6.45) is 57.8. The van der Waals surface area contributed by atoms with Gasteiger partial charge in [-0.1, -0.05) is 323 Å². The summed E-state index contributed by atoms with van der Waals surface area (Å²) < 4.78 is 68.5. The van der Waals surface area contributed by atoms with Gasteiger partial charge in [0.15, 0.2) is 12.2 Å². The second kappa shape index (κ2) is 68.0. The van der Waals surface area contributed by atoms with Crippen molar-refractivity contribution in [1.82, 2.24) is 0 Å². The number of hydrogen-bond donors (Lipinski definition) is 3. The van der Waals surface area contributed by atoms with Gasteiger partial charge in [-0.3, -0.25) is 37.3 Å². The molecule has 19 heteroatoms. The van der Waals surface area contributed by atoms with Gasteiger partial charge in [-0.05, 0) is 69.1 Å². The fourth-order valence-electron chi connectivity index (χ4n) is 11.4. The Morgan fingerprint density at radius 2 is 0.557 bits per heavy atom. The number of phosphoric ester groups is 2. The molecule has 0 rings (SSSR count). The Bertz CT molecular complexity index is 1980. The molecule has 0 aliphatic carbocycles. The van der Waals surface area contributed by atoms with Crippen LogP contribution in [0.3, 0.4) is 0 Å². The fourth-order valence-corrected chi connectivity index (χ4v) is 13.0. The summed E-state index contributed by atoms with van der Waals surface area (Å²) in [7, 11) is -9.93. The van der Waals surface area contributed by atoms with Crippen molar-refractivity contribution >= 4 is 39.5 Å². The highest BCUT2D eigenvalue weighted by atomic mass is 31.2. The lowest BCUT2D eigenvalue weighted by Crippen LogP contribution is -2.30. The standard InChI is InChI=1S/C78H148O17P2/c1-8-9-10-11-12-13-14-15-17-21-28-33-38-47-54-61-77(82)94-73(65-88-75(80)59-52-45-37-32-27-24-23-26-31-36-43-50-57-70(4)5)67-92-96(84,85)90-63-72(79)64-91-97(86,87)93-68-74(66-89-76(81)60-53-46-41-40-44-51-58-71(6)7)95-78(83)62-55-48-39-34-29-22-19-16-18-20-25-30-35-42-49-56-69(2)3/h13-15,17,69-74,79H,8-12,16,18-68H2,1-7H3,(H,84,85)(H,86,87)/b14-13-,17-15-/t72?,73-,74-/m1/s1. The molecule has 0 bridgehead atoms. The number of carbonyl (C=O) groups excluding carboxylic acids is 4. The minimum atomic E-state index is -4.97. The van der Waals surface area contributed by atoms with Gasteiger partial charge in [0.1, 0.15) is 19.3 Å². The van der Waals surface area contributed by atoms with E-state index in [1.165, 1.54) is 167 Å². The van der Waals surface area contributed by atoms with Crippen molar-refractivity contribution in [2.24, 2.45) is 17.8 Å². The Hall–Kier alpha value is -2.46. The number of phosphoric acid groups is 2. The highest BCUT2D eigenvalue weighted by molar-refractivity contribution is 7.47. The van der Waals surface area contributed by atoms with Crippen LogP contribution < -0.4 is 0 Å². The van der Waals surface area contributed by atoms with Gasteiger partial charge in [0.25, 0.3) is 0 Å². The van der Waals surface area contributed by atoms with Crippen LogP contribution >= 0.6 is 15.6 Å². The molecule has 0 amide bonds. The Morgan fingerprint density at radius 3 is 0.835 bits per heavy atom. The molecule has 572 valence electrons. The summed E-state index contributed by atoms with van der Waals surface area (Å²) in [6, 6.07) is 0. The number of hydrogen-bond acceptors (Lipinski definition) is 15. The lowest BCUT2D eigenvalue weighted by molar-refractivity contribution is -0.161. The first-order chi connectivity index (χ1) is 46.7. The first-order valence-electron chi connectivity index (χ1n) is 39.7. The molecule has 0 aliphatic rings. The maximum absolute atomic E-state index is 13.1. The predicted octanol–water partition coefficient (Wildman–Crippen LogP) is 22.5. The number of aliphatic hydroxyl groups excluding tert-OH is 1. The molecular formula is C78H148O17P2. The highest BCUT2D eigenvalue weighted by Gasteiger charge is 2.30. The molecule has 97 heavy (non-hydrogen) atoms. The van der Waals surface area contributed by atoms with Gasteiger partial charge in [-0.2, -0.15) is 0 Å². The number of unbranched alkanes of at least 4 members (excludes halogenated alkanes) is 39. The van der Waals surface area contributed by atoms with Gasteiger partial charge in [0, 0.05) is 25.7 Å². The number of carbonyl (C=O) groups is 4. The van der Waals surface area contributed by atoms with Crippen LogP contribution in [0.25, 0.3) is 0 Å². The largest absolute Gasteiger partial charge is 0.472 e. The zero-order valence-electron chi connectivity index (χ0n) is 63.0. The van der Waals surface area contributed by atoms with Crippen molar-refractivity contribution < 1.29 is 80.2 Å². The molecule has 0 saturated carbocycles. The molecule has 0 radical (unpaired) electrons. The van der Waals surface area contributed by atoms with Crippen LogP contribution in [0.5, 0.6) is 0 Å². The zero-order valence-corrected chi connectivity index (χ0v) is 64.8. The van der Waals surface area contributed by atoms with Crippen LogP contribution in [-0.2, 0) is 65.4 Å². The van der Waals surface area contributed by atoms with Gasteiger partial charge >= 0.3 is 39.5 Å². The van der Waals surface area contributed by atoms with E-state index in [4.69, 9.17) is 37.0 Å². The zero-order chi connectivity index (χ0) is 71.6. The quantitative estimate of drug-likeness (QED) is 0.0169. The van der Waals surface area contributed by atoms with Crippen LogP contribution in [0.1, 0.15) is 376 Å². The first kappa shape index (κ1) is 94.5. The van der Waals surface area contributed by atoms with E-state index >= 15 is 0 Å². The smallest absolute Gasteiger partial charge is 0.462 e. The van der Waals surface area contributed by atoms with E-state index in [0.717, 1.165) is 121 Å². The van der Waals surface area contributed by atoms with E-state index < -0.39 is 97.5 Å². The molecule has 0 saturated heterocycles. The van der Waals surface area contributed by atoms with E-state index in [2.05, 4.69) is 72.8 Å². The van der Waals surface area contributed by atoms with Crippen molar-refractivity contribution in [2.45, 2.75) is 394 Å². The van der Waals surface area contributed by atoms with Crippen molar-refractivity contribution in [2.75, 3.05) is 39.6 Å². The monoisotopic (exact) mass is 1420 g/mol. The topological polar surface area (TPSA) is 237 Å². The Labute approximate surface area is 592 Å². The molecule has 0 heterocycles. The number of rotatable bonds is 74. The maximum atomic E-state index is 13.1. The van der Waals surface area contributed by atoms with Crippen LogP contribution in [0.2, 0.25) is 0 Å². The second-order valence-corrected chi connectivity index (χ2v) is 31.7.